The van der Waals surface area contributed by atoms with Crippen LogP contribution in [0.3, 0.4) is 0 Å². The first kappa shape index (κ1) is 13.1. The van der Waals surface area contributed by atoms with E-state index in [1.54, 1.807) is 32.3 Å². The van der Waals surface area contributed by atoms with Gasteiger partial charge in [0, 0.05) is 14.1 Å². The molecule has 0 bridgehead atoms. The first-order valence-electron chi connectivity index (χ1n) is 4.66. The van der Waals surface area contributed by atoms with Crippen molar-refractivity contribution in [3.63, 3.8) is 0 Å². The van der Waals surface area contributed by atoms with Crippen LogP contribution in [0.25, 0.3) is 0 Å². The third-order valence-electron chi connectivity index (χ3n) is 2.13. The van der Waals surface area contributed by atoms with Gasteiger partial charge < -0.3 is 9.64 Å². The van der Waals surface area contributed by atoms with E-state index in [4.69, 9.17) is 27.9 Å². The van der Waals surface area contributed by atoms with Crippen molar-refractivity contribution >= 4 is 29.1 Å². The zero-order valence-corrected chi connectivity index (χ0v) is 10.8. The molecule has 0 radical (unpaired) electrons. The highest BCUT2D eigenvalue weighted by atomic mass is 35.5. The molecular weight excluding hydrogens is 249 g/mol. The second kappa shape index (κ2) is 5.41. The Labute approximate surface area is 105 Å². The van der Waals surface area contributed by atoms with E-state index in [-0.39, 0.29) is 5.91 Å². The Kier molecular flexibility index (Phi) is 4.44. The molecule has 1 atom stereocenters. The van der Waals surface area contributed by atoms with Crippen LogP contribution in [0.1, 0.15) is 10.9 Å². The molecule has 1 amide bonds. The van der Waals surface area contributed by atoms with Crippen LogP contribution < -0.4 is 4.74 Å². The Morgan fingerprint density at radius 2 is 2.06 bits per heavy atom. The summed E-state index contributed by atoms with van der Waals surface area (Å²) in [4.78, 5) is 13.1. The highest BCUT2D eigenvalue weighted by Gasteiger charge is 2.20. The van der Waals surface area contributed by atoms with Gasteiger partial charge in [0.05, 0.1) is 12.1 Å². The molecule has 1 unspecified atom stereocenters. The second-order valence-electron chi connectivity index (χ2n) is 3.49. The predicted octanol–water partition coefficient (Wildman–Crippen LogP) is 2.72. The molecule has 3 nitrogen and oxygen atoms in total. The standard InChI is InChI=1S/C11H13Cl2NO2/c1-14(2)11(15)10(13)7-4-5-9(16-3)8(12)6-7/h4-6,10H,1-3H3. The number of amides is 1. The normalized spacial score (nSPS) is 12.1. The van der Waals surface area contributed by atoms with Gasteiger partial charge in [-0.2, -0.15) is 0 Å². The lowest BCUT2D eigenvalue weighted by Gasteiger charge is -2.16. The fourth-order valence-electron chi connectivity index (χ4n) is 1.21. The third kappa shape index (κ3) is 2.80. The third-order valence-corrected chi connectivity index (χ3v) is 2.86. The maximum Gasteiger partial charge on any atom is 0.244 e. The largest absolute Gasteiger partial charge is 0.495 e. The molecule has 0 saturated heterocycles. The minimum Gasteiger partial charge on any atom is -0.495 e. The number of rotatable bonds is 3. The summed E-state index contributed by atoms with van der Waals surface area (Å²) in [6, 6.07) is 5.05. The molecule has 0 spiro atoms. The van der Waals surface area contributed by atoms with E-state index in [0.717, 1.165) is 0 Å². The summed E-state index contributed by atoms with van der Waals surface area (Å²) < 4.78 is 5.02. The van der Waals surface area contributed by atoms with Crippen LogP contribution >= 0.6 is 23.2 Å². The number of benzene rings is 1. The van der Waals surface area contributed by atoms with Crippen molar-refractivity contribution in [3.8, 4) is 5.75 Å². The molecule has 88 valence electrons. The van der Waals surface area contributed by atoms with Gasteiger partial charge in [-0.3, -0.25) is 4.79 Å². The van der Waals surface area contributed by atoms with E-state index >= 15 is 0 Å². The minimum atomic E-state index is -0.724. The number of methoxy groups -OCH3 is 1. The van der Waals surface area contributed by atoms with Gasteiger partial charge in [0.25, 0.3) is 0 Å². The molecule has 16 heavy (non-hydrogen) atoms. The van der Waals surface area contributed by atoms with E-state index in [0.29, 0.717) is 16.3 Å². The SMILES string of the molecule is COc1ccc(C(Cl)C(=O)N(C)C)cc1Cl. The Morgan fingerprint density at radius 1 is 1.44 bits per heavy atom. The van der Waals surface area contributed by atoms with Crippen LogP contribution in [-0.2, 0) is 4.79 Å². The molecule has 1 rings (SSSR count). The van der Waals surface area contributed by atoms with E-state index in [9.17, 15) is 4.79 Å². The average molecular weight is 262 g/mol. The Balaban J connectivity index is 2.97. The van der Waals surface area contributed by atoms with E-state index in [1.807, 2.05) is 0 Å². The van der Waals surface area contributed by atoms with E-state index in [2.05, 4.69) is 0 Å². The number of hydrogen-bond acceptors (Lipinski definition) is 2. The van der Waals surface area contributed by atoms with Crippen molar-refractivity contribution in [2.75, 3.05) is 21.2 Å². The number of alkyl halides is 1. The molecule has 0 aliphatic carbocycles. The lowest BCUT2D eigenvalue weighted by molar-refractivity contribution is -0.128. The summed E-state index contributed by atoms with van der Waals surface area (Å²) in [6.07, 6.45) is 0. The smallest absolute Gasteiger partial charge is 0.244 e. The van der Waals surface area contributed by atoms with Crippen LogP contribution in [0.5, 0.6) is 5.75 Å². The van der Waals surface area contributed by atoms with Gasteiger partial charge in [0.15, 0.2) is 0 Å². The molecule has 1 aromatic rings. The fourth-order valence-corrected chi connectivity index (χ4v) is 1.81. The highest BCUT2D eigenvalue weighted by Crippen LogP contribution is 2.30. The lowest BCUT2D eigenvalue weighted by Crippen LogP contribution is -2.25. The first-order chi connectivity index (χ1) is 7.47. The van der Waals surface area contributed by atoms with Gasteiger partial charge in [-0.15, -0.1) is 11.6 Å². The molecule has 0 aromatic heterocycles. The maximum absolute atomic E-state index is 11.6. The quantitative estimate of drug-likeness (QED) is 0.784. The van der Waals surface area contributed by atoms with Gasteiger partial charge in [0.1, 0.15) is 11.1 Å². The molecule has 0 N–H and O–H groups in total. The fraction of sp³-hybridized carbons (Fsp3) is 0.364. The number of nitrogens with zero attached hydrogens (tertiary/aromatic N) is 1. The Bertz CT molecular complexity index is 394. The van der Waals surface area contributed by atoms with Gasteiger partial charge in [-0.05, 0) is 17.7 Å². The van der Waals surface area contributed by atoms with Gasteiger partial charge >= 0.3 is 0 Å². The highest BCUT2D eigenvalue weighted by molar-refractivity contribution is 6.33. The first-order valence-corrected chi connectivity index (χ1v) is 5.47. The van der Waals surface area contributed by atoms with E-state index < -0.39 is 5.38 Å². The summed E-state index contributed by atoms with van der Waals surface area (Å²) >= 11 is 12.0. The van der Waals surface area contributed by atoms with Crippen molar-refractivity contribution in [3.05, 3.63) is 28.8 Å². The molecule has 0 aliphatic heterocycles. The van der Waals surface area contributed by atoms with Crippen LogP contribution in [0, 0.1) is 0 Å². The second-order valence-corrected chi connectivity index (χ2v) is 4.33. The van der Waals surface area contributed by atoms with Gasteiger partial charge in [-0.1, -0.05) is 17.7 Å². The number of ether oxygens (including phenoxy) is 1. The van der Waals surface area contributed by atoms with Crippen molar-refractivity contribution in [1.82, 2.24) is 4.90 Å². The van der Waals surface area contributed by atoms with Crippen LogP contribution in [0.4, 0.5) is 0 Å². The molecule has 0 heterocycles. The van der Waals surface area contributed by atoms with E-state index in [1.165, 1.54) is 12.0 Å². The zero-order valence-electron chi connectivity index (χ0n) is 9.33. The van der Waals surface area contributed by atoms with Crippen molar-refractivity contribution in [1.29, 1.82) is 0 Å². The van der Waals surface area contributed by atoms with Gasteiger partial charge in [0.2, 0.25) is 5.91 Å². The lowest BCUT2D eigenvalue weighted by atomic mass is 10.1. The number of likely N-dealkylation sites (N-methyl/N-ethyl adjacent to an activating group) is 1. The summed E-state index contributed by atoms with van der Waals surface area (Å²) in [5.74, 6) is 0.384. The number of carbonyl (C=O) groups excluding carboxylic acids is 1. The molecule has 0 saturated carbocycles. The minimum absolute atomic E-state index is 0.178. The summed E-state index contributed by atoms with van der Waals surface area (Å²) in [5.41, 5.74) is 0.658. The number of carbonyl (C=O) groups is 1. The van der Waals surface area contributed by atoms with Gasteiger partial charge in [-0.25, -0.2) is 0 Å². The summed E-state index contributed by atoms with van der Waals surface area (Å²) in [5, 5.41) is -0.282. The van der Waals surface area contributed by atoms with Crippen LogP contribution in [0.2, 0.25) is 5.02 Å². The Morgan fingerprint density at radius 3 is 2.50 bits per heavy atom. The predicted molar refractivity (Wildman–Crippen MR) is 65.3 cm³/mol. The number of hydrogen-bond donors (Lipinski definition) is 0. The van der Waals surface area contributed by atoms with Crippen LogP contribution in [-0.4, -0.2) is 32.0 Å². The monoisotopic (exact) mass is 261 g/mol. The molecular formula is C11H13Cl2NO2. The van der Waals surface area contributed by atoms with Crippen molar-refractivity contribution < 1.29 is 9.53 Å². The Hall–Kier alpha value is -0.930. The zero-order chi connectivity index (χ0) is 12.3. The summed E-state index contributed by atoms with van der Waals surface area (Å²) in [6.45, 7) is 0. The van der Waals surface area contributed by atoms with Crippen molar-refractivity contribution in [2.45, 2.75) is 5.38 Å². The van der Waals surface area contributed by atoms with Crippen LogP contribution in [0.15, 0.2) is 18.2 Å². The topological polar surface area (TPSA) is 29.5 Å². The average Bonchev–Trinajstić information content (AvgIpc) is 2.26. The molecule has 1 aromatic carbocycles. The maximum atomic E-state index is 11.6. The van der Waals surface area contributed by atoms with Crippen molar-refractivity contribution in [2.24, 2.45) is 0 Å². The number of halogens is 2. The molecule has 0 aliphatic rings. The summed E-state index contributed by atoms with van der Waals surface area (Å²) in [7, 11) is 4.84. The molecule has 5 heteroatoms. The molecule has 0 fully saturated rings.